The van der Waals surface area contributed by atoms with Crippen molar-refractivity contribution in [2.24, 2.45) is 0 Å². The molecule has 0 radical (unpaired) electrons. The second-order valence-electron chi connectivity index (χ2n) is 3.45. The van der Waals surface area contributed by atoms with Crippen LogP contribution in [-0.4, -0.2) is 24.5 Å². The Kier molecular flexibility index (Phi) is 7.16. The third-order valence-electron chi connectivity index (χ3n) is 2.14. The number of amides is 1. The van der Waals surface area contributed by atoms with Gasteiger partial charge in [-0.25, -0.2) is 0 Å². The van der Waals surface area contributed by atoms with Crippen LogP contribution in [0, 0.1) is 0 Å². The summed E-state index contributed by atoms with van der Waals surface area (Å²) in [5.74, 6) is 1.25. The molecule has 0 atom stereocenters. The zero-order chi connectivity index (χ0) is 11.8. The second-order valence-corrected chi connectivity index (χ2v) is 6.72. The molecule has 1 heterocycles. The Morgan fingerprint density at radius 1 is 1.50 bits per heavy atom. The van der Waals surface area contributed by atoms with Crippen LogP contribution in [0.1, 0.15) is 29.6 Å². The summed E-state index contributed by atoms with van der Waals surface area (Å²) >= 11 is 6.76. The average molecular weight is 322 g/mol. The molecule has 0 saturated carbocycles. The van der Waals surface area contributed by atoms with Gasteiger partial charge in [-0.05, 0) is 46.8 Å². The molecule has 0 aliphatic rings. The van der Waals surface area contributed by atoms with E-state index in [0.29, 0.717) is 0 Å². The van der Waals surface area contributed by atoms with Gasteiger partial charge in [0.05, 0.1) is 9.35 Å². The summed E-state index contributed by atoms with van der Waals surface area (Å²) in [6.45, 7) is 0.778. The topological polar surface area (TPSA) is 29.1 Å². The summed E-state index contributed by atoms with van der Waals surface area (Å²) in [6.07, 6.45) is 5.61. The summed E-state index contributed by atoms with van der Waals surface area (Å²) in [5.41, 5.74) is 0.751. The molecule has 1 aromatic heterocycles. The highest BCUT2D eigenvalue weighted by Gasteiger charge is 2.06. The van der Waals surface area contributed by atoms with Crippen molar-refractivity contribution in [2.75, 3.05) is 18.6 Å². The van der Waals surface area contributed by atoms with Crippen molar-refractivity contribution in [3.05, 3.63) is 20.8 Å². The summed E-state index contributed by atoms with van der Waals surface area (Å²) in [4.78, 5) is 11.6. The molecule has 1 rings (SSSR count). The molecular formula is C11H16BrNOS2. The largest absolute Gasteiger partial charge is 0.352 e. The highest BCUT2D eigenvalue weighted by atomic mass is 79.9. The third-order valence-corrected chi connectivity index (χ3v) is 4.34. The lowest BCUT2D eigenvalue weighted by Gasteiger charge is -2.03. The van der Waals surface area contributed by atoms with Crippen LogP contribution >= 0.6 is 39.0 Å². The minimum Gasteiger partial charge on any atom is -0.352 e. The normalized spacial score (nSPS) is 10.4. The van der Waals surface area contributed by atoms with Crippen LogP contribution in [0.15, 0.2) is 15.2 Å². The van der Waals surface area contributed by atoms with E-state index in [1.807, 2.05) is 23.2 Å². The minimum atomic E-state index is 0.0341. The van der Waals surface area contributed by atoms with Crippen LogP contribution in [-0.2, 0) is 0 Å². The van der Waals surface area contributed by atoms with E-state index in [2.05, 4.69) is 27.5 Å². The fraction of sp³-hybridized carbons (Fsp3) is 0.545. The van der Waals surface area contributed by atoms with Gasteiger partial charge in [0, 0.05) is 11.9 Å². The number of halogens is 1. The lowest BCUT2D eigenvalue weighted by atomic mass is 10.2. The van der Waals surface area contributed by atoms with Crippen LogP contribution < -0.4 is 5.32 Å². The monoisotopic (exact) mass is 321 g/mol. The molecule has 0 bridgehead atoms. The maximum atomic E-state index is 11.6. The standard InChI is InChI=1S/C11H16BrNOS2/c1-15-6-4-2-3-5-13-11(14)9-7-10(12)16-8-9/h7-8H,2-6H2,1H3,(H,13,14). The second kappa shape index (κ2) is 8.14. The highest BCUT2D eigenvalue weighted by molar-refractivity contribution is 9.11. The van der Waals surface area contributed by atoms with Gasteiger partial charge in [-0.3, -0.25) is 4.79 Å². The molecule has 90 valence electrons. The number of thiophene rings is 1. The first-order valence-corrected chi connectivity index (χ1v) is 8.32. The van der Waals surface area contributed by atoms with Gasteiger partial charge in [-0.1, -0.05) is 6.42 Å². The van der Waals surface area contributed by atoms with E-state index in [9.17, 15) is 4.79 Å². The van der Waals surface area contributed by atoms with Crippen LogP contribution in [0.3, 0.4) is 0 Å². The van der Waals surface area contributed by atoms with Gasteiger partial charge in [0.2, 0.25) is 0 Å². The van der Waals surface area contributed by atoms with Crippen LogP contribution in [0.25, 0.3) is 0 Å². The Morgan fingerprint density at radius 3 is 2.94 bits per heavy atom. The Balaban J connectivity index is 2.11. The van der Waals surface area contributed by atoms with Gasteiger partial charge < -0.3 is 5.32 Å². The summed E-state index contributed by atoms with van der Waals surface area (Å²) in [7, 11) is 0. The molecule has 0 aromatic carbocycles. The zero-order valence-corrected chi connectivity index (χ0v) is 12.5. The Hall–Kier alpha value is -0.000000000000000111. The Bertz CT molecular complexity index is 328. The van der Waals surface area contributed by atoms with Gasteiger partial charge in [0.15, 0.2) is 0 Å². The fourth-order valence-electron chi connectivity index (χ4n) is 1.28. The molecule has 1 amide bonds. The summed E-state index contributed by atoms with van der Waals surface area (Å²) < 4.78 is 0.998. The first-order valence-electron chi connectivity index (χ1n) is 5.25. The van der Waals surface area contributed by atoms with Gasteiger partial charge in [0.1, 0.15) is 0 Å². The fourth-order valence-corrected chi connectivity index (χ4v) is 2.91. The smallest absolute Gasteiger partial charge is 0.252 e. The van der Waals surface area contributed by atoms with Crippen molar-refractivity contribution < 1.29 is 4.79 Å². The van der Waals surface area contributed by atoms with Crippen LogP contribution in [0.4, 0.5) is 0 Å². The molecular weight excluding hydrogens is 306 g/mol. The van der Waals surface area contributed by atoms with Crippen molar-refractivity contribution in [1.29, 1.82) is 0 Å². The quantitative estimate of drug-likeness (QED) is 0.774. The molecule has 0 fully saturated rings. The van der Waals surface area contributed by atoms with Crippen molar-refractivity contribution >= 4 is 44.9 Å². The molecule has 0 aliphatic heterocycles. The number of rotatable bonds is 7. The van der Waals surface area contributed by atoms with Crippen molar-refractivity contribution in [3.8, 4) is 0 Å². The summed E-state index contributed by atoms with van der Waals surface area (Å²) in [6, 6.07) is 1.85. The zero-order valence-electron chi connectivity index (χ0n) is 9.29. The number of thioether (sulfide) groups is 1. The van der Waals surface area contributed by atoms with E-state index in [1.165, 1.54) is 29.9 Å². The van der Waals surface area contributed by atoms with Crippen LogP contribution in [0.5, 0.6) is 0 Å². The van der Waals surface area contributed by atoms with Gasteiger partial charge in [0.25, 0.3) is 5.91 Å². The predicted molar refractivity (Wildman–Crippen MR) is 76.6 cm³/mol. The van der Waals surface area contributed by atoms with Crippen molar-refractivity contribution in [1.82, 2.24) is 5.32 Å². The molecule has 0 spiro atoms. The molecule has 0 saturated heterocycles. The molecule has 2 nitrogen and oxygen atoms in total. The van der Waals surface area contributed by atoms with Crippen molar-refractivity contribution in [2.45, 2.75) is 19.3 Å². The van der Waals surface area contributed by atoms with Crippen LogP contribution in [0.2, 0.25) is 0 Å². The van der Waals surface area contributed by atoms with Crippen molar-refractivity contribution in [3.63, 3.8) is 0 Å². The molecule has 0 unspecified atom stereocenters. The Morgan fingerprint density at radius 2 is 2.31 bits per heavy atom. The number of nitrogens with one attached hydrogen (secondary N) is 1. The molecule has 1 aromatic rings. The lowest BCUT2D eigenvalue weighted by Crippen LogP contribution is -2.23. The SMILES string of the molecule is CSCCCCCNC(=O)c1csc(Br)c1. The van der Waals surface area contributed by atoms with E-state index in [4.69, 9.17) is 0 Å². The molecule has 0 aliphatic carbocycles. The number of unbranched alkanes of at least 4 members (excludes halogenated alkanes) is 2. The average Bonchev–Trinajstić information content (AvgIpc) is 2.70. The molecule has 16 heavy (non-hydrogen) atoms. The first kappa shape index (κ1) is 14.1. The first-order chi connectivity index (χ1) is 7.74. The molecule has 1 N–H and O–H groups in total. The Labute approximate surface area is 113 Å². The van der Waals surface area contributed by atoms with E-state index in [0.717, 1.165) is 22.3 Å². The summed E-state index contributed by atoms with van der Waals surface area (Å²) in [5, 5.41) is 4.80. The number of hydrogen-bond donors (Lipinski definition) is 1. The van der Waals surface area contributed by atoms with Gasteiger partial charge >= 0.3 is 0 Å². The highest BCUT2D eigenvalue weighted by Crippen LogP contribution is 2.20. The van der Waals surface area contributed by atoms with Gasteiger partial charge in [-0.2, -0.15) is 11.8 Å². The molecule has 5 heteroatoms. The van der Waals surface area contributed by atoms with E-state index in [-0.39, 0.29) is 5.91 Å². The van der Waals surface area contributed by atoms with E-state index < -0.39 is 0 Å². The maximum Gasteiger partial charge on any atom is 0.252 e. The van der Waals surface area contributed by atoms with E-state index in [1.54, 1.807) is 0 Å². The maximum absolute atomic E-state index is 11.6. The van der Waals surface area contributed by atoms with Gasteiger partial charge in [-0.15, -0.1) is 11.3 Å². The predicted octanol–water partition coefficient (Wildman–Crippen LogP) is 3.77. The number of hydrogen-bond acceptors (Lipinski definition) is 3. The minimum absolute atomic E-state index is 0.0341. The third kappa shape index (κ3) is 5.37. The lowest BCUT2D eigenvalue weighted by molar-refractivity contribution is 0.0953. The van der Waals surface area contributed by atoms with E-state index >= 15 is 0 Å². The number of carbonyl (C=O) groups excluding carboxylic acids is 1. The number of carbonyl (C=O) groups is 1.